The molecule has 0 fully saturated rings. The molecule has 5 nitrogen and oxygen atoms in total. The molecule has 0 bridgehead atoms. The summed E-state index contributed by atoms with van der Waals surface area (Å²) in [4.78, 5) is 26.1. The van der Waals surface area contributed by atoms with Crippen molar-refractivity contribution in [2.75, 3.05) is 0 Å². The molecule has 1 rings (SSSR count). The standard InChI is InChI=1S/C9H12N2O3S/c1-3-6(9(13)14)11-8(12)7-4-15-5(2)10-7/h4,6H,3H2,1-2H3,(H,11,12)(H,13,14)/t6-/m1/s1. The highest BCUT2D eigenvalue weighted by atomic mass is 32.1. The summed E-state index contributed by atoms with van der Waals surface area (Å²) in [6, 6.07) is -0.848. The Hall–Kier alpha value is -1.43. The highest BCUT2D eigenvalue weighted by Crippen LogP contribution is 2.08. The number of amides is 1. The van der Waals surface area contributed by atoms with Gasteiger partial charge in [0.15, 0.2) is 0 Å². The highest BCUT2D eigenvalue weighted by molar-refractivity contribution is 7.09. The van der Waals surface area contributed by atoms with Crippen LogP contribution in [0.25, 0.3) is 0 Å². The van der Waals surface area contributed by atoms with Crippen molar-refractivity contribution in [2.45, 2.75) is 26.3 Å². The summed E-state index contributed by atoms with van der Waals surface area (Å²) < 4.78 is 0. The molecule has 0 aliphatic rings. The molecule has 82 valence electrons. The van der Waals surface area contributed by atoms with Crippen LogP contribution >= 0.6 is 11.3 Å². The molecule has 2 N–H and O–H groups in total. The van der Waals surface area contributed by atoms with Crippen molar-refractivity contribution < 1.29 is 14.7 Å². The highest BCUT2D eigenvalue weighted by Gasteiger charge is 2.19. The molecule has 0 aliphatic carbocycles. The van der Waals surface area contributed by atoms with Gasteiger partial charge in [0.1, 0.15) is 11.7 Å². The maximum absolute atomic E-state index is 11.5. The summed E-state index contributed by atoms with van der Waals surface area (Å²) in [5, 5.41) is 13.5. The fourth-order valence-electron chi connectivity index (χ4n) is 1.04. The summed E-state index contributed by atoms with van der Waals surface area (Å²) in [7, 11) is 0. The lowest BCUT2D eigenvalue weighted by Gasteiger charge is -2.10. The van der Waals surface area contributed by atoms with Crippen molar-refractivity contribution in [2.24, 2.45) is 0 Å². The number of aromatic nitrogens is 1. The number of carboxylic acid groups (broad SMARTS) is 1. The Bertz CT molecular complexity index is 375. The smallest absolute Gasteiger partial charge is 0.326 e. The van der Waals surface area contributed by atoms with Crippen molar-refractivity contribution in [1.29, 1.82) is 0 Å². The molecule has 0 saturated carbocycles. The molecule has 0 radical (unpaired) electrons. The van der Waals surface area contributed by atoms with Gasteiger partial charge in [-0.2, -0.15) is 0 Å². The lowest BCUT2D eigenvalue weighted by molar-refractivity contribution is -0.139. The van der Waals surface area contributed by atoms with Crippen molar-refractivity contribution in [3.63, 3.8) is 0 Å². The van der Waals surface area contributed by atoms with Crippen molar-refractivity contribution in [3.8, 4) is 0 Å². The third kappa shape index (κ3) is 3.02. The minimum Gasteiger partial charge on any atom is -0.480 e. The normalized spacial score (nSPS) is 12.1. The number of aliphatic carboxylic acids is 1. The summed E-state index contributed by atoms with van der Waals surface area (Å²) in [6.45, 7) is 3.49. The van der Waals surface area contributed by atoms with Gasteiger partial charge < -0.3 is 10.4 Å². The van der Waals surface area contributed by atoms with E-state index in [1.807, 2.05) is 0 Å². The Labute approximate surface area is 91.1 Å². The molecule has 1 aromatic rings. The van der Waals surface area contributed by atoms with Crippen molar-refractivity contribution in [3.05, 3.63) is 16.1 Å². The molecule has 0 aliphatic heterocycles. The zero-order chi connectivity index (χ0) is 11.4. The molecular weight excluding hydrogens is 216 g/mol. The molecule has 1 heterocycles. The lowest BCUT2D eigenvalue weighted by Crippen LogP contribution is -2.40. The predicted octanol–water partition coefficient (Wildman–Crippen LogP) is 1.04. The van der Waals surface area contributed by atoms with Crippen LogP contribution in [0.3, 0.4) is 0 Å². The SMILES string of the molecule is CC[C@@H](NC(=O)c1csc(C)n1)C(=O)O. The zero-order valence-electron chi connectivity index (χ0n) is 8.48. The molecule has 15 heavy (non-hydrogen) atoms. The molecule has 0 aromatic carbocycles. The van der Waals surface area contributed by atoms with Gasteiger partial charge in [0.05, 0.1) is 5.01 Å². The van der Waals surface area contributed by atoms with Crippen LogP contribution in [0.15, 0.2) is 5.38 Å². The average molecular weight is 228 g/mol. The van der Waals surface area contributed by atoms with Crippen LogP contribution in [0, 0.1) is 6.92 Å². The number of hydrogen-bond acceptors (Lipinski definition) is 4. The van der Waals surface area contributed by atoms with Crippen LogP contribution in [-0.4, -0.2) is 28.0 Å². The van der Waals surface area contributed by atoms with Gasteiger partial charge in [0.25, 0.3) is 5.91 Å². The maximum Gasteiger partial charge on any atom is 0.326 e. The van der Waals surface area contributed by atoms with Gasteiger partial charge in [-0.1, -0.05) is 6.92 Å². The molecule has 0 unspecified atom stereocenters. The van der Waals surface area contributed by atoms with E-state index in [1.54, 1.807) is 19.2 Å². The van der Waals surface area contributed by atoms with Crippen molar-refractivity contribution in [1.82, 2.24) is 10.3 Å². The van der Waals surface area contributed by atoms with Gasteiger partial charge in [-0.3, -0.25) is 4.79 Å². The monoisotopic (exact) mass is 228 g/mol. The van der Waals surface area contributed by atoms with Gasteiger partial charge in [-0.05, 0) is 13.3 Å². The van der Waals surface area contributed by atoms with E-state index in [0.29, 0.717) is 6.42 Å². The number of carbonyl (C=O) groups is 2. The number of rotatable bonds is 4. The first-order valence-electron chi connectivity index (χ1n) is 4.50. The zero-order valence-corrected chi connectivity index (χ0v) is 9.30. The third-order valence-corrected chi connectivity index (χ3v) is 2.64. The largest absolute Gasteiger partial charge is 0.480 e. The van der Waals surface area contributed by atoms with Crippen LogP contribution in [0.4, 0.5) is 0 Å². The average Bonchev–Trinajstić information content (AvgIpc) is 2.60. The van der Waals surface area contributed by atoms with Gasteiger partial charge >= 0.3 is 5.97 Å². The lowest BCUT2D eigenvalue weighted by atomic mass is 10.2. The van der Waals surface area contributed by atoms with Gasteiger partial charge in [-0.15, -0.1) is 11.3 Å². The minimum absolute atomic E-state index is 0.275. The van der Waals surface area contributed by atoms with Crippen LogP contribution in [0.1, 0.15) is 28.8 Å². The predicted molar refractivity (Wildman–Crippen MR) is 56.0 cm³/mol. The van der Waals surface area contributed by atoms with Crippen LogP contribution in [0.5, 0.6) is 0 Å². The Morgan fingerprint density at radius 3 is 2.73 bits per heavy atom. The fourth-order valence-corrected chi connectivity index (χ4v) is 1.63. The second-order valence-electron chi connectivity index (χ2n) is 3.02. The van der Waals surface area contributed by atoms with Crippen LogP contribution in [0.2, 0.25) is 0 Å². The Morgan fingerprint density at radius 2 is 2.33 bits per heavy atom. The summed E-state index contributed by atoms with van der Waals surface area (Å²) >= 11 is 1.36. The second kappa shape index (κ2) is 4.88. The summed E-state index contributed by atoms with van der Waals surface area (Å²) in [6.07, 6.45) is 0.351. The van der Waals surface area contributed by atoms with E-state index >= 15 is 0 Å². The quantitative estimate of drug-likeness (QED) is 0.807. The second-order valence-corrected chi connectivity index (χ2v) is 4.09. The summed E-state index contributed by atoms with van der Waals surface area (Å²) in [5.74, 6) is -1.47. The first kappa shape index (κ1) is 11.6. The fraction of sp³-hybridized carbons (Fsp3) is 0.444. The first-order chi connectivity index (χ1) is 7.04. The maximum atomic E-state index is 11.5. The number of nitrogens with one attached hydrogen (secondary N) is 1. The van der Waals surface area contributed by atoms with E-state index in [2.05, 4.69) is 10.3 Å². The number of aryl methyl sites for hydroxylation is 1. The number of thiazole rings is 1. The molecule has 6 heteroatoms. The Balaban J connectivity index is 2.66. The molecule has 1 aromatic heterocycles. The topological polar surface area (TPSA) is 79.3 Å². The molecule has 1 atom stereocenters. The van der Waals surface area contributed by atoms with E-state index in [4.69, 9.17) is 5.11 Å². The van der Waals surface area contributed by atoms with Crippen molar-refractivity contribution >= 4 is 23.2 Å². The molecule has 0 spiro atoms. The van der Waals surface area contributed by atoms with Gasteiger partial charge in [0.2, 0.25) is 0 Å². The van der Waals surface area contributed by atoms with E-state index in [9.17, 15) is 9.59 Å². The van der Waals surface area contributed by atoms with Crippen LogP contribution < -0.4 is 5.32 Å². The molecule has 0 saturated heterocycles. The van der Waals surface area contributed by atoms with E-state index < -0.39 is 17.9 Å². The Morgan fingerprint density at radius 1 is 1.67 bits per heavy atom. The van der Waals surface area contributed by atoms with Crippen LogP contribution in [-0.2, 0) is 4.79 Å². The first-order valence-corrected chi connectivity index (χ1v) is 5.38. The van der Waals surface area contributed by atoms with E-state index in [0.717, 1.165) is 5.01 Å². The van der Waals surface area contributed by atoms with E-state index in [1.165, 1.54) is 11.3 Å². The van der Waals surface area contributed by atoms with E-state index in [-0.39, 0.29) is 5.69 Å². The van der Waals surface area contributed by atoms with Gasteiger partial charge in [-0.25, -0.2) is 9.78 Å². The minimum atomic E-state index is -1.03. The molecule has 1 amide bonds. The number of carbonyl (C=O) groups excluding carboxylic acids is 1. The number of nitrogens with zero attached hydrogens (tertiary/aromatic N) is 1. The molecular formula is C9H12N2O3S. The van der Waals surface area contributed by atoms with Gasteiger partial charge in [0, 0.05) is 5.38 Å². The third-order valence-electron chi connectivity index (χ3n) is 1.86. The Kier molecular flexibility index (Phi) is 3.79. The number of carboxylic acids is 1. The number of hydrogen-bond donors (Lipinski definition) is 2. The summed E-state index contributed by atoms with van der Waals surface area (Å²) in [5.41, 5.74) is 0.275.